The van der Waals surface area contributed by atoms with Crippen molar-refractivity contribution in [1.82, 2.24) is 15.1 Å². The third kappa shape index (κ3) is 2.85. The molecule has 1 aromatic heterocycles. The van der Waals surface area contributed by atoms with Gasteiger partial charge in [-0.3, -0.25) is 14.3 Å². The van der Waals surface area contributed by atoms with Crippen molar-refractivity contribution in [2.75, 3.05) is 12.4 Å². The maximum Gasteiger partial charge on any atom is 0.253 e. The van der Waals surface area contributed by atoms with Gasteiger partial charge < -0.3 is 10.6 Å². The molecule has 104 valence electrons. The Labute approximate surface area is 116 Å². The molecule has 0 spiro atoms. The average molecular weight is 272 g/mol. The van der Waals surface area contributed by atoms with E-state index in [0.29, 0.717) is 11.3 Å². The number of benzene rings is 1. The Balaban J connectivity index is 2.18. The molecule has 6 nitrogen and oxygen atoms in total. The summed E-state index contributed by atoms with van der Waals surface area (Å²) in [6.07, 6.45) is 3.33. The van der Waals surface area contributed by atoms with E-state index in [1.54, 1.807) is 61.4 Å². The van der Waals surface area contributed by atoms with Gasteiger partial charge in [0.15, 0.2) is 0 Å². The number of carbonyl (C=O) groups is 2. The summed E-state index contributed by atoms with van der Waals surface area (Å²) < 4.78 is 1.55. The summed E-state index contributed by atoms with van der Waals surface area (Å²) in [4.78, 5) is 23.9. The Morgan fingerprint density at radius 1 is 1.25 bits per heavy atom. The highest BCUT2D eigenvalue weighted by Gasteiger charge is 2.17. The molecular formula is C14H16N4O2. The Kier molecular flexibility index (Phi) is 4.14. The van der Waals surface area contributed by atoms with E-state index in [9.17, 15) is 9.59 Å². The number of aromatic nitrogens is 2. The molecule has 1 atom stereocenters. The lowest BCUT2D eigenvalue weighted by Gasteiger charge is -2.14. The van der Waals surface area contributed by atoms with E-state index in [0.717, 1.165) is 0 Å². The van der Waals surface area contributed by atoms with Crippen LogP contribution < -0.4 is 10.6 Å². The lowest BCUT2D eigenvalue weighted by molar-refractivity contribution is -0.119. The Morgan fingerprint density at radius 3 is 2.65 bits per heavy atom. The van der Waals surface area contributed by atoms with Gasteiger partial charge in [-0.15, -0.1) is 0 Å². The van der Waals surface area contributed by atoms with Crippen molar-refractivity contribution in [2.24, 2.45) is 0 Å². The summed E-state index contributed by atoms with van der Waals surface area (Å²) in [5, 5.41) is 9.33. The molecule has 1 unspecified atom stereocenters. The Bertz CT molecular complexity index is 607. The molecule has 20 heavy (non-hydrogen) atoms. The maximum absolute atomic E-state index is 12.2. The second-order valence-electron chi connectivity index (χ2n) is 4.28. The van der Waals surface area contributed by atoms with Crippen molar-refractivity contribution in [3.05, 3.63) is 48.3 Å². The molecule has 0 bridgehead atoms. The number of amides is 2. The number of anilines is 1. The van der Waals surface area contributed by atoms with Crippen LogP contribution in [-0.4, -0.2) is 28.6 Å². The summed E-state index contributed by atoms with van der Waals surface area (Å²) in [6.45, 7) is 1.74. The molecule has 1 heterocycles. The first-order chi connectivity index (χ1) is 9.63. The molecule has 2 N–H and O–H groups in total. The zero-order valence-corrected chi connectivity index (χ0v) is 11.3. The first-order valence-electron chi connectivity index (χ1n) is 6.24. The fourth-order valence-electron chi connectivity index (χ4n) is 1.79. The maximum atomic E-state index is 12.2. The van der Waals surface area contributed by atoms with Gasteiger partial charge in [-0.1, -0.05) is 12.1 Å². The molecule has 0 radical (unpaired) electrons. The van der Waals surface area contributed by atoms with Crippen molar-refractivity contribution < 1.29 is 9.59 Å². The summed E-state index contributed by atoms with van der Waals surface area (Å²) >= 11 is 0. The molecular weight excluding hydrogens is 256 g/mol. The zero-order chi connectivity index (χ0) is 14.5. The van der Waals surface area contributed by atoms with Crippen LogP contribution in [0.25, 0.3) is 0 Å². The van der Waals surface area contributed by atoms with Gasteiger partial charge in [0.25, 0.3) is 5.91 Å². The monoisotopic (exact) mass is 272 g/mol. The van der Waals surface area contributed by atoms with Crippen LogP contribution in [0.3, 0.4) is 0 Å². The molecule has 2 rings (SSSR count). The van der Waals surface area contributed by atoms with Gasteiger partial charge >= 0.3 is 0 Å². The molecule has 0 saturated carbocycles. The minimum atomic E-state index is -0.456. The van der Waals surface area contributed by atoms with E-state index in [4.69, 9.17) is 0 Å². The lowest BCUT2D eigenvalue weighted by atomic mass is 10.1. The second kappa shape index (κ2) is 6.01. The fourth-order valence-corrected chi connectivity index (χ4v) is 1.79. The largest absolute Gasteiger partial charge is 0.355 e. The smallest absolute Gasteiger partial charge is 0.253 e. The van der Waals surface area contributed by atoms with Crippen molar-refractivity contribution in [1.29, 1.82) is 0 Å². The van der Waals surface area contributed by atoms with Gasteiger partial charge in [0, 0.05) is 19.4 Å². The second-order valence-corrected chi connectivity index (χ2v) is 4.28. The number of hydrogen-bond acceptors (Lipinski definition) is 3. The molecule has 2 amide bonds. The Hall–Kier alpha value is -2.63. The van der Waals surface area contributed by atoms with Gasteiger partial charge in [-0.25, -0.2) is 0 Å². The molecule has 0 fully saturated rings. The van der Waals surface area contributed by atoms with Crippen LogP contribution in [0, 0.1) is 0 Å². The summed E-state index contributed by atoms with van der Waals surface area (Å²) in [5.74, 6) is -0.474. The Morgan fingerprint density at radius 2 is 2.00 bits per heavy atom. The molecule has 0 aliphatic rings. The predicted molar refractivity (Wildman–Crippen MR) is 75.4 cm³/mol. The number of hydrogen-bond donors (Lipinski definition) is 2. The molecule has 0 aliphatic heterocycles. The number of nitrogens with one attached hydrogen (secondary N) is 2. The lowest BCUT2D eigenvalue weighted by Crippen LogP contribution is -2.26. The number of nitrogens with zero attached hydrogens (tertiary/aromatic N) is 2. The molecule has 6 heteroatoms. The van der Waals surface area contributed by atoms with Crippen molar-refractivity contribution in [3.63, 3.8) is 0 Å². The summed E-state index contributed by atoms with van der Waals surface area (Å²) in [6, 6.07) is 8.16. The number of carbonyl (C=O) groups excluding carboxylic acids is 2. The van der Waals surface area contributed by atoms with E-state index in [-0.39, 0.29) is 11.8 Å². The normalized spacial score (nSPS) is 11.7. The van der Waals surface area contributed by atoms with Crippen LogP contribution in [0.5, 0.6) is 0 Å². The SMILES string of the molecule is CNC(=O)c1ccccc1NC(=O)C(C)n1cccn1. The van der Waals surface area contributed by atoms with Crippen molar-refractivity contribution >= 4 is 17.5 Å². The van der Waals surface area contributed by atoms with Crippen molar-refractivity contribution in [3.8, 4) is 0 Å². The minimum Gasteiger partial charge on any atom is -0.355 e. The average Bonchev–Trinajstić information content (AvgIpc) is 3.00. The topological polar surface area (TPSA) is 76.0 Å². The molecule has 2 aromatic rings. The van der Waals surface area contributed by atoms with E-state index in [1.807, 2.05) is 0 Å². The van der Waals surface area contributed by atoms with E-state index < -0.39 is 6.04 Å². The highest BCUT2D eigenvalue weighted by Crippen LogP contribution is 2.16. The third-order valence-electron chi connectivity index (χ3n) is 2.96. The standard InChI is InChI=1S/C14H16N4O2/c1-10(18-9-5-8-16-18)13(19)17-12-7-4-3-6-11(12)14(20)15-2/h3-10H,1-2H3,(H,15,20)(H,17,19). The van der Waals surface area contributed by atoms with E-state index >= 15 is 0 Å². The molecule has 1 aromatic carbocycles. The van der Waals surface area contributed by atoms with Gasteiger partial charge in [-0.2, -0.15) is 5.10 Å². The minimum absolute atomic E-state index is 0.231. The summed E-state index contributed by atoms with van der Waals surface area (Å²) in [7, 11) is 1.55. The van der Waals surface area contributed by atoms with Gasteiger partial charge in [0.1, 0.15) is 6.04 Å². The van der Waals surface area contributed by atoms with Crippen LogP contribution in [0.1, 0.15) is 23.3 Å². The molecule has 0 aliphatic carbocycles. The van der Waals surface area contributed by atoms with Gasteiger partial charge in [0.05, 0.1) is 11.3 Å². The highest BCUT2D eigenvalue weighted by atomic mass is 16.2. The molecule has 0 saturated heterocycles. The fraction of sp³-hybridized carbons (Fsp3) is 0.214. The third-order valence-corrected chi connectivity index (χ3v) is 2.96. The van der Waals surface area contributed by atoms with E-state index in [1.165, 1.54) is 0 Å². The van der Waals surface area contributed by atoms with Crippen LogP contribution in [0.4, 0.5) is 5.69 Å². The zero-order valence-electron chi connectivity index (χ0n) is 11.3. The predicted octanol–water partition coefficient (Wildman–Crippen LogP) is 1.44. The highest BCUT2D eigenvalue weighted by molar-refractivity contribution is 6.04. The van der Waals surface area contributed by atoms with Gasteiger partial charge in [0.2, 0.25) is 5.91 Å². The van der Waals surface area contributed by atoms with E-state index in [2.05, 4.69) is 15.7 Å². The first-order valence-corrected chi connectivity index (χ1v) is 6.24. The van der Waals surface area contributed by atoms with Crippen molar-refractivity contribution in [2.45, 2.75) is 13.0 Å². The van der Waals surface area contributed by atoms with Crippen LogP contribution >= 0.6 is 0 Å². The number of rotatable bonds is 4. The van der Waals surface area contributed by atoms with Gasteiger partial charge in [-0.05, 0) is 25.1 Å². The van der Waals surface area contributed by atoms with Crippen LogP contribution in [-0.2, 0) is 4.79 Å². The van der Waals surface area contributed by atoms with Crippen LogP contribution in [0.2, 0.25) is 0 Å². The summed E-state index contributed by atoms with van der Waals surface area (Å²) in [5.41, 5.74) is 0.909. The first kappa shape index (κ1) is 13.8. The quantitative estimate of drug-likeness (QED) is 0.884. The van der Waals surface area contributed by atoms with Crippen LogP contribution in [0.15, 0.2) is 42.7 Å². The number of para-hydroxylation sites is 1.